The standard InChI is InChI=1S/C22H21Cl2NO3/c1-11(8-20(26)25-19-9-15(23)6-7-18(19)24)16-10-17-12(2)14(4)28-22(17)13(3)21(16)27-5/h6-10H,1-5H3,(H,25,26)/b11-8+. The van der Waals surface area contributed by atoms with Crippen molar-refractivity contribution in [3.8, 4) is 5.75 Å². The molecule has 1 N–H and O–H groups in total. The topological polar surface area (TPSA) is 51.5 Å². The van der Waals surface area contributed by atoms with E-state index < -0.39 is 0 Å². The maximum atomic E-state index is 12.5. The molecule has 0 spiro atoms. The van der Waals surface area contributed by atoms with Gasteiger partial charge in [-0.2, -0.15) is 0 Å². The number of carbonyl (C=O) groups excluding carboxylic acids is 1. The average molecular weight is 418 g/mol. The Kier molecular flexibility index (Phi) is 5.73. The minimum Gasteiger partial charge on any atom is -0.496 e. The number of amides is 1. The fraction of sp³-hybridized carbons (Fsp3) is 0.227. The lowest BCUT2D eigenvalue weighted by atomic mass is 9.98. The lowest BCUT2D eigenvalue weighted by Gasteiger charge is -2.13. The summed E-state index contributed by atoms with van der Waals surface area (Å²) in [5.74, 6) is 1.25. The van der Waals surface area contributed by atoms with E-state index in [1.165, 1.54) is 6.08 Å². The minimum absolute atomic E-state index is 0.304. The molecule has 0 bridgehead atoms. The molecule has 0 unspecified atom stereocenters. The second kappa shape index (κ2) is 7.90. The first kappa shape index (κ1) is 20.3. The van der Waals surface area contributed by atoms with Crippen LogP contribution in [0, 0.1) is 20.8 Å². The van der Waals surface area contributed by atoms with Crippen LogP contribution in [0.25, 0.3) is 16.5 Å². The van der Waals surface area contributed by atoms with Gasteiger partial charge in [-0.15, -0.1) is 0 Å². The summed E-state index contributed by atoms with van der Waals surface area (Å²) >= 11 is 12.1. The summed E-state index contributed by atoms with van der Waals surface area (Å²) in [6.07, 6.45) is 1.52. The Balaban J connectivity index is 2.02. The molecule has 1 aromatic heterocycles. The van der Waals surface area contributed by atoms with Gasteiger partial charge in [0.2, 0.25) is 5.91 Å². The Morgan fingerprint density at radius 1 is 1.14 bits per heavy atom. The number of halogens is 2. The fourth-order valence-electron chi connectivity index (χ4n) is 3.20. The number of furan rings is 1. The summed E-state index contributed by atoms with van der Waals surface area (Å²) in [5.41, 5.74) is 4.84. The van der Waals surface area contributed by atoms with Gasteiger partial charge in [-0.3, -0.25) is 4.79 Å². The third-order valence-electron chi connectivity index (χ3n) is 4.81. The third kappa shape index (κ3) is 3.75. The zero-order valence-electron chi connectivity index (χ0n) is 16.4. The summed E-state index contributed by atoms with van der Waals surface area (Å²) in [5, 5.41) is 4.69. The quantitative estimate of drug-likeness (QED) is 0.479. The smallest absolute Gasteiger partial charge is 0.248 e. The second-order valence-corrected chi connectivity index (χ2v) is 7.53. The first-order chi connectivity index (χ1) is 13.2. The molecule has 4 nitrogen and oxygen atoms in total. The third-order valence-corrected chi connectivity index (χ3v) is 5.37. The van der Waals surface area contributed by atoms with Crippen LogP contribution in [-0.4, -0.2) is 13.0 Å². The minimum atomic E-state index is -0.304. The molecule has 0 fully saturated rings. The fourth-order valence-corrected chi connectivity index (χ4v) is 3.54. The van der Waals surface area contributed by atoms with E-state index in [4.69, 9.17) is 32.4 Å². The predicted octanol–water partition coefficient (Wildman–Crippen LogP) is 6.72. The average Bonchev–Trinajstić information content (AvgIpc) is 2.93. The van der Waals surface area contributed by atoms with Crippen molar-refractivity contribution in [1.82, 2.24) is 0 Å². The number of rotatable bonds is 4. The van der Waals surface area contributed by atoms with Gasteiger partial charge in [0.1, 0.15) is 17.1 Å². The van der Waals surface area contributed by atoms with Gasteiger partial charge in [0.05, 0.1) is 17.8 Å². The maximum Gasteiger partial charge on any atom is 0.248 e. The molecule has 0 radical (unpaired) electrons. The zero-order chi connectivity index (χ0) is 20.6. The molecule has 28 heavy (non-hydrogen) atoms. The molecule has 3 rings (SSSR count). The highest BCUT2D eigenvalue weighted by atomic mass is 35.5. The van der Waals surface area contributed by atoms with Crippen molar-refractivity contribution in [1.29, 1.82) is 0 Å². The van der Waals surface area contributed by atoms with Gasteiger partial charge in [-0.25, -0.2) is 0 Å². The first-order valence-electron chi connectivity index (χ1n) is 8.75. The number of hydrogen-bond acceptors (Lipinski definition) is 3. The van der Waals surface area contributed by atoms with Gasteiger partial charge in [-0.05, 0) is 63.1 Å². The van der Waals surface area contributed by atoms with Crippen LogP contribution in [0.3, 0.4) is 0 Å². The Bertz CT molecular complexity index is 1110. The van der Waals surface area contributed by atoms with Crippen LogP contribution in [-0.2, 0) is 4.79 Å². The highest BCUT2D eigenvalue weighted by Crippen LogP contribution is 2.38. The van der Waals surface area contributed by atoms with E-state index in [9.17, 15) is 4.79 Å². The summed E-state index contributed by atoms with van der Waals surface area (Å²) in [7, 11) is 1.61. The van der Waals surface area contributed by atoms with Crippen LogP contribution in [0.2, 0.25) is 10.0 Å². The zero-order valence-corrected chi connectivity index (χ0v) is 17.9. The van der Waals surface area contributed by atoms with Gasteiger partial charge in [-0.1, -0.05) is 23.2 Å². The molecule has 0 saturated carbocycles. The Morgan fingerprint density at radius 2 is 1.86 bits per heavy atom. The number of anilines is 1. The molecule has 0 aliphatic carbocycles. The van der Waals surface area contributed by atoms with Gasteiger partial charge >= 0.3 is 0 Å². The van der Waals surface area contributed by atoms with E-state index in [2.05, 4.69) is 5.32 Å². The number of nitrogens with one attached hydrogen (secondary N) is 1. The molecular weight excluding hydrogens is 397 g/mol. The van der Waals surface area contributed by atoms with Gasteiger partial charge in [0.25, 0.3) is 0 Å². The molecule has 6 heteroatoms. The monoisotopic (exact) mass is 417 g/mol. The Hall–Kier alpha value is -2.43. The maximum absolute atomic E-state index is 12.5. The lowest BCUT2D eigenvalue weighted by molar-refractivity contribution is -0.111. The van der Waals surface area contributed by atoms with Crippen molar-refractivity contribution in [2.75, 3.05) is 12.4 Å². The number of hydrogen-bond donors (Lipinski definition) is 1. The Labute approximate surface area is 174 Å². The second-order valence-electron chi connectivity index (χ2n) is 6.68. The van der Waals surface area contributed by atoms with E-state index >= 15 is 0 Å². The number of benzene rings is 2. The Morgan fingerprint density at radius 3 is 2.54 bits per heavy atom. The molecule has 1 amide bonds. The number of aryl methyl sites for hydroxylation is 3. The van der Waals surface area contributed by atoms with Crippen LogP contribution in [0.4, 0.5) is 5.69 Å². The molecule has 0 aliphatic rings. The van der Waals surface area contributed by atoms with Crippen LogP contribution in [0.15, 0.2) is 34.8 Å². The van der Waals surface area contributed by atoms with Crippen molar-refractivity contribution in [3.63, 3.8) is 0 Å². The van der Waals surface area contributed by atoms with Crippen LogP contribution >= 0.6 is 23.2 Å². The highest BCUT2D eigenvalue weighted by Gasteiger charge is 2.18. The highest BCUT2D eigenvalue weighted by molar-refractivity contribution is 6.35. The van der Waals surface area contributed by atoms with E-state index in [0.717, 1.165) is 39.0 Å². The van der Waals surface area contributed by atoms with Gasteiger partial charge < -0.3 is 14.5 Å². The molecule has 2 aromatic carbocycles. The summed E-state index contributed by atoms with van der Waals surface area (Å²) in [6, 6.07) is 6.91. The van der Waals surface area contributed by atoms with E-state index in [1.807, 2.05) is 33.8 Å². The summed E-state index contributed by atoms with van der Waals surface area (Å²) in [6.45, 7) is 7.77. The summed E-state index contributed by atoms with van der Waals surface area (Å²) < 4.78 is 11.5. The molecule has 0 atom stereocenters. The van der Waals surface area contributed by atoms with Crippen LogP contribution in [0.1, 0.15) is 29.4 Å². The van der Waals surface area contributed by atoms with Crippen molar-refractivity contribution >= 4 is 51.3 Å². The van der Waals surface area contributed by atoms with Crippen molar-refractivity contribution in [2.24, 2.45) is 0 Å². The number of carbonyl (C=O) groups is 1. The first-order valence-corrected chi connectivity index (χ1v) is 9.50. The molecule has 1 heterocycles. The normalized spacial score (nSPS) is 11.8. The van der Waals surface area contributed by atoms with Crippen LogP contribution < -0.4 is 10.1 Å². The lowest BCUT2D eigenvalue weighted by Crippen LogP contribution is -2.09. The number of allylic oxidation sites excluding steroid dienone is 1. The molecule has 3 aromatic rings. The SMILES string of the molecule is COc1c(/C(C)=C/C(=O)Nc2cc(Cl)ccc2Cl)cc2c(C)c(C)oc2c1C. The van der Waals surface area contributed by atoms with E-state index in [1.54, 1.807) is 25.3 Å². The predicted molar refractivity (Wildman–Crippen MR) is 116 cm³/mol. The van der Waals surface area contributed by atoms with E-state index in [-0.39, 0.29) is 5.91 Å². The molecule has 0 saturated heterocycles. The number of fused-ring (bicyclic) bond motifs is 1. The number of ether oxygens (including phenoxy) is 1. The van der Waals surface area contributed by atoms with Crippen molar-refractivity contribution < 1.29 is 13.9 Å². The number of methoxy groups -OCH3 is 1. The van der Waals surface area contributed by atoms with Crippen molar-refractivity contribution in [2.45, 2.75) is 27.7 Å². The molecular formula is C22H21Cl2NO3. The largest absolute Gasteiger partial charge is 0.496 e. The van der Waals surface area contributed by atoms with Crippen molar-refractivity contribution in [3.05, 3.63) is 62.8 Å². The van der Waals surface area contributed by atoms with E-state index in [0.29, 0.717) is 21.5 Å². The molecule has 146 valence electrons. The summed E-state index contributed by atoms with van der Waals surface area (Å²) in [4.78, 5) is 12.5. The van der Waals surface area contributed by atoms with Crippen LogP contribution in [0.5, 0.6) is 5.75 Å². The molecule has 0 aliphatic heterocycles. The van der Waals surface area contributed by atoms with Gasteiger partial charge in [0.15, 0.2) is 0 Å². The van der Waals surface area contributed by atoms with Gasteiger partial charge in [0, 0.05) is 27.6 Å².